The largest absolute Gasteiger partial charge is 0.504 e. The van der Waals surface area contributed by atoms with Crippen LogP contribution < -0.4 is 24.4 Å². The normalized spacial score (nSPS) is 15.3. The number of benzene rings is 2. The van der Waals surface area contributed by atoms with E-state index < -0.39 is 17.8 Å². The van der Waals surface area contributed by atoms with Gasteiger partial charge in [-0.25, -0.2) is 9.69 Å². The quantitative estimate of drug-likeness (QED) is 0.351. The molecule has 0 radical (unpaired) electrons. The fourth-order valence-electron chi connectivity index (χ4n) is 2.85. The van der Waals surface area contributed by atoms with Gasteiger partial charge in [0.1, 0.15) is 17.1 Å². The van der Waals surface area contributed by atoms with Gasteiger partial charge in [0.05, 0.1) is 30.6 Å². The van der Waals surface area contributed by atoms with E-state index in [2.05, 4.69) is 5.32 Å². The number of hydrogen-bond acceptors (Lipinski definition) is 7. The van der Waals surface area contributed by atoms with Crippen LogP contribution in [-0.4, -0.2) is 44.3 Å². The van der Waals surface area contributed by atoms with Crippen molar-refractivity contribution < 1.29 is 33.7 Å². The zero-order chi connectivity index (χ0) is 22.0. The van der Waals surface area contributed by atoms with Crippen LogP contribution in [-0.2, 0) is 9.59 Å². The molecular formula is C20H17IN2O7. The Bertz CT molecular complexity index is 1080. The van der Waals surface area contributed by atoms with Crippen molar-refractivity contribution in [3.8, 4) is 23.0 Å². The van der Waals surface area contributed by atoms with Crippen molar-refractivity contribution in [2.24, 2.45) is 0 Å². The van der Waals surface area contributed by atoms with Gasteiger partial charge in [0.15, 0.2) is 11.5 Å². The summed E-state index contributed by atoms with van der Waals surface area (Å²) in [5, 5.41) is 12.1. The Hall–Kier alpha value is -3.28. The third-order valence-corrected chi connectivity index (χ3v) is 5.13. The summed E-state index contributed by atoms with van der Waals surface area (Å²) in [6.07, 6.45) is 1.31. The number of carbonyl (C=O) groups excluding carboxylic acids is 3. The SMILES string of the molecule is COc1ccc(OC)c(N2C(=O)NC(=O)/C(=C\c3cc(I)c(O)c(OC)c3)C2=O)c1. The molecule has 2 aromatic carbocycles. The van der Waals surface area contributed by atoms with Crippen molar-refractivity contribution in [2.75, 3.05) is 26.2 Å². The van der Waals surface area contributed by atoms with Gasteiger partial charge in [0.25, 0.3) is 11.8 Å². The number of anilines is 1. The van der Waals surface area contributed by atoms with E-state index in [9.17, 15) is 19.5 Å². The third-order valence-electron chi connectivity index (χ3n) is 4.31. The fourth-order valence-corrected chi connectivity index (χ4v) is 3.47. The molecule has 30 heavy (non-hydrogen) atoms. The highest BCUT2D eigenvalue weighted by atomic mass is 127. The van der Waals surface area contributed by atoms with Crippen molar-refractivity contribution in [2.45, 2.75) is 0 Å². The number of carbonyl (C=O) groups is 3. The van der Waals surface area contributed by atoms with Crippen molar-refractivity contribution in [1.82, 2.24) is 5.32 Å². The molecule has 1 aliphatic heterocycles. The van der Waals surface area contributed by atoms with Crippen molar-refractivity contribution in [1.29, 1.82) is 0 Å². The molecule has 0 aliphatic carbocycles. The summed E-state index contributed by atoms with van der Waals surface area (Å²) >= 11 is 1.90. The van der Waals surface area contributed by atoms with Crippen LogP contribution in [0.5, 0.6) is 23.0 Å². The zero-order valence-electron chi connectivity index (χ0n) is 16.2. The van der Waals surface area contributed by atoms with Crippen LogP contribution in [0, 0.1) is 3.57 Å². The van der Waals surface area contributed by atoms with E-state index in [4.69, 9.17) is 14.2 Å². The number of nitrogens with zero attached hydrogens (tertiary/aromatic N) is 1. The minimum Gasteiger partial charge on any atom is -0.504 e. The van der Waals surface area contributed by atoms with Crippen molar-refractivity contribution in [3.05, 3.63) is 45.0 Å². The van der Waals surface area contributed by atoms with Crippen molar-refractivity contribution >= 4 is 52.2 Å². The first kappa shape index (κ1) is 21.4. The monoisotopic (exact) mass is 524 g/mol. The van der Waals surface area contributed by atoms with E-state index in [1.165, 1.54) is 39.5 Å². The first-order chi connectivity index (χ1) is 14.3. The maximum atomic E-state index is 13.1. The van der Waals surface area contributed by atoms with Crippen LogP contribution in [0.3, 0.4) is 0 Å². The van der Waals surface area contributed by atoms with Gasteiger partial charge in [0.2, 0.25) is 0 Å². The fraction of sp³-hybridized carbons (Fsp3) is 0.150. The highest BCUT2D eigenvalue weighted by Gasteiger charge is 2.38. The number of imide groups is 2. The lowest BCUT2D eigenvalue weighted by atomic mass is 10.1. The predicted molar refractivity (Wildman–Crippen MR) is 116 cm³/mol. The van der Waals surface area contributed by atoms with Crippen LogP contribution in [0.4, 0.5) is 10.5 Å². The second kappa shape index (κ2) is 8.61. The predicted octanol–water partition coefficient (Wildman–Crippen LogP) is 2.69. The topological polar surface area (TPSA) is 114 Å². The average Bonchev–Trinajstić information content (AvgIpc) is 2.73. The molecule has 4 amide bonds. The number of urea groups is 1. The number of ether oxygens (including phenoxy) is 3. The summed E-state index contributed by atoms with van der Waals surface area (Å²) in [6, 6.07) is 6.74. The number of phenols is 1. The Labute approximate surface area is 185 Å². The number of phenolic OH excluding ortho intramolecular Hbond substituents is 1. The van der Waals surface area contributed by atoms with E-state index in [1.807, 2.05) is 22.6 Å². The number of rotatable bonds is 5. The summed E-state index contributed by atoms with van der Waals surface area (Å²) in [5.41, 5.74) is 0.276. The summed E-state index contributed by atoms with van der Waals surface area (Å²) in [7, 11) is 4.22. The molecular weight excluding hydrogens is 507 g/mol. The van der Waals surface area contributed by atoms with Gasteiger partial charge in [-0.1, -0.05) is 0 Å². The smallest absolute Gasteiger partial charge is 0.336 e. The molecule has 0 aromatic heterocycles. The van der Waals surface area contributed by atoms with Crippen LogP contribution in [0.25, 0.3) is 6.08 Å². The Balaban J connectivity index is 2.10. The second-order valence-electron chi connectivity index (χ2n) is 6.05. The van der Waals surface area contributed by atoms with Gasteiger partial charge in [-0.3, -0.25) is 14.9 Å². The van der Waals surface area contributed by atoms with Crippen LogP contribution >= 0.6 is 22.6 Å². The van der Waals surface area contributed by atoms with Gasteiger partial charge < -0.3 is 19.3 Å². The lowest BCUT2D eigenvalue weighted by molar-refractivity contribution is -0.122. The van der Waals surface area contributed by atoms with E-state index in [1.54, 1.807) is 18.2 Å². The van der Waals surface area contributed by atoms with Gasteiger partial charge in [-0.15, -0.1) is 0 Å². The Morgan fingerprint density at radius 1 is 1.00 bits per heavy atom. The zero-order valence-corrected chi connectivity index (χ0v) is 18.3. The molecule has 1 heterocycles. The molecule has 0 atom stereocenters. The lowest BCUT2D eigenvalue weighted by Gasteiger charge is -2.27. The van der Waals surface area contributed by atoms with E-state index in [0.29, 0.717) is 14.9 Å². The summed E-state index contributed by atoms with van der Waals surface area (Å²) in [4.78, 5) is 38.8. The first-order valence-electron chi connectivity index (χ1n) is 8.50. The molecule has 2 aromatic rings. The summed E-state index contributed by atoms with van der Waals surface area (Å²) in [6.45, 7) is 0. The van der Waals surface area contributed by atoms with Crippen LogP contribution in [0.15, 0.2) is 35.9 Å². The number of halogens is 1. The van der Waals surface area contributed by atoms with E-state index in [0.717, 1.165) is 4.90 Å². The number of amides is 4. The van der Waals surface area contributed by atoms with Gasteiger partial charge in [-0.05, 0) is 58.5 Å². The number of hydrogen-bond donors (Lipinski definition) is 2. The van der Waals surface area contributed by atoms with Gasteiger partial charge in [0, 0.05) is 6.07 Å². The molecule has 0 unspecified atom stereocenters. The summed E-state index contributed by atoms with van der Waals surface area (Å²) in [5.74, 6) is -0.916. The second-order valence-corrected chi connectivity index (χ2v) is 7.21. The third kappa shape index (κ3) is 3.90. The highest BCUT2D eigenvalue weighted by molar-refractivity contribution is 14.1. The van der Waals surface area contributed by atoms with Crippen molar-refractivity contribution in [3.63, 3.8) is 0 Å². The molecule has 1 aliphatic rings. The Morgan fingerprint density at radius 2 is 1.70 bits per heavy atom. The number of barbiturate groups is 1. The molecule has 2 N–H and O–H groups in total. The molecule has 1 fully saturated rings. The molecule has 3 rings (SSSR count). The van der Waals surface area contributed by atoms with Gasteiger partial charge in [-0.2, -0.15) is 0 Å². The standard InChI is InChI=1S/C20H17IN2O7/c1-28-11-4-5-15(29-2)14(9-11)23-19(26)12(18(25)22-20(23)27)6-10-7-13(21)17(24)16(8-10)30-3/h4-9,24H,1-3H3,(H,22,25,27)/b12-6+. The van der Waals surface area contributed by atoms with Gasteiger partial charge >= 0.3 is 6.03 Å². The molecule has 0 saturated carbocycles. The molecule has 0 spiro atoms. The maximum absolute atomic E-state index is 13.1. The minimum atomic E-state index is -0.911. The van der Waals surface area contributed by atoms with Crippen LogP contribution in [0.1, 0.15) is 5.56 Å². The van der Waals surface area contributed by atoms with E-state index >= 15 is 0 Å². The summed E-state index contributed by atoms with van der Waals surface area (Å²) < 4.78 is 16.0. The molecule has 156 valence electrons. The number of nitrogens with one attached hydrogen (secondary N) is 1. The Morgan fingerprint density at radius 3 is 2.33 bits per heavy atom. The maximum Gasteiger partial charge on any atom is 0.336 e. The first-order valence-corrected chi connectivity index (χ1v) is 9.58. The highest BCUT2D eigenvalue weighted by Crippen LogP contribution is 2.36. The van der Waals surface area contributed by atoms with Crippen LogP contribution in [0.2, 0.25) is 0 Å². The molecule has 9 nitrogen and oxygen atoms in total. The molecule has 0 bridgehead atoms. The average molecular weight is 524 g/mol. The Kier molecular flexibility index (Phi) is 6.15. The molecule has 1 saturated heterocycles. The van der Waals surface area contributed by atoms with E-state index in [-0.39, 0.29) is 28.5 Å². The lowest BCUT2D eigenvalue weighted by Crippen LogP contribution is -2.54. The number of methoxy groups -OCH3 is 3. The number of aromatic hydroxyl groups is 1. The minimum absolute atomic E-state index is 0.0578. The molecule has 10 heteroatoms.